The van der Waals surface area contributed by atoms with Crippen molar-refractivity contribution in [1.29, 1.82) is 0 Å². The Morgan fingerprint density at radius 3 is 2.87 bits per heavy atom. The van der Waals surface area contributed by atoms with E-state index in [1.807, 2.05) is 24.3 Å². The normalized spacial score (nSPS) is 13.4. The molecule has 2 heterocycles. The van der Waals surface area contributed by atoms with Gasteiger partial charge in [0.05, 0.1) is 17.8 Å². The first-order valence-corrected chi connectivity index (χ1v) is 11.3. The fourth-order valence-corrected chi connectivity index (χ4v) is 5.23. The van der Waals surface area contributed by atoms with Crippen LogP contribution in [0.15, 0.2) is 59.6 Å². The van der Waals surface area contributed by atoms with Crippen molar-refractivity contribution < 1.29 is 17.9 Å². The number of ether oxygens (including phenoxy) is 1. The second-order valence-corrected chi connectivity index (χ2v) is 8.85. The summed E-state index contributed by atoms with van der Waals surface area (Å²) in [5.41, 5.74) is 2.82. The molecule has 4 rings (SSSR count). The number of esters is 1. The van der Waals surface area contributed by atoms with Gasteiger partial charge in [-0.3, -0.25) is 14.1 Å². The van der Waals surface area contributed by atoms with Gasteiger partial charge in [0.2, 0.25) is 0 Å². The van der Waals surface area contributed by atoms with E-state index in [9.17, 15) is 13.2 Å². The first-order chi connectivity index (χ1) is 14.5. The Morgan fingerprint density at radius 2 is 2.03 bits per heavy atom. The summed E-state index contributed by atoms with van der Waals surface area (Å²) in [6.07, 6.45) is 3.37. The lowest BCUT2D eigenvalue weighted by molar-refractivity contribution is -0.141. The summed E-state index contributed by atoms with van der Waals surface area (Å²) in [6, 6.07) is 14.0. The van der Waals surface area contributed by atoms with Crippen molar-refractivity contribution in [3.63, 3.8) is 0 Å². The molecule has 0 saturated heterocycles. The molecule has 0 atom stereocenters. The van der Waals surface area contributed by atoms with Gasteiger partial charge in [-0.25, -0.2) is 8.42 Å². The second-order valence-electron chi connectivity index (χ2n) is 7.02. The van der Waals surface area contributed by atoms with Crippen molar-refractivity contribution in [1.82, 2.24) is 4.98 Å². The number of sulfonamides is 1. The molecule has 2 aromatic carbocycles. The van der Waals surface area contributed by atoms with Crippen molar-refractivity contribution in [2.24, 2.45) is 0 Å². The van der Waals surface area contributed by atoms with E-state index in [2.05, 4.69) is 10.3 Å². The molecular weight excluding hydrogens is 402 g/mol. The number of aryl methyl sites for hydroxylation is 1. The van der Waals surface area contributed by atoms with Crippen molar-refractivity contribution in [3.8, 4) is 0 Å². The molecule has 3 aromatic rings. The van der Waals surface area contributed by atoms with E-state index < -0.39 is 22.5 Å². The van der Waals surface area contributed by atoms with Crippen LogP contribution in [0.25, 0.3) is 10.9 Å². The predicted molar refractivity (Wildman–Crippen MR) is 116 cm³/mol. The third kappa shape index (κ3) is 3.82. The van der Waals surface area contributed by atoms with E-state index in [1.165, 1.54) is 6.07 Å². The van der Waals surface area contributed by atoms with Gasteiger partial charge in [-0.05, 0) is 55.7 Å². The molecule has 1 aliphatic rings. The highest BCUT2D eigenvalue weighted by Gasteiger charge is 2.30. The molecule has 156 valence electrons. The highest BCUT2D eigenvalue weighted by Crippen LogP contribution is 2.32. The van der Waals surface area contributed by atoms with E-state index in [4.69, 9.17) is 4.74 Å². The van der Waals surface area contributed by atoms with Gasteiger partial charge in [-0.15, -0.1) is 0 Å². The number of fused-ring (bicyclic) bond motifs is 2. The second kappa shape index (κ2) is 8.31. The number of hydrogen-bond acceptors (Lipinski definition) is 6. The average Bonchev–Trinajstić information content (AvgIpc) is 2.77. The molecule has 0 saturated carbocycles. The highest BCUT2D eigenvalue weighted by atomic mass is 32.2. The smallest absolute Gasteiger partial charge is 0.326 e. The summed E-state index contributed by atoms with van der Waals surface area (Å²) in [5, 5.41) is 4.03. The molecule has 7 nitrogen and oxygen atoms in total. The molecule has 8 heteroatoms. The van der Waals surface area contributed by atoms with Crippen LogP contribution in [0.2, 0.25) is 0 Å². The summed E-state index contributed by atoms with van der Waals surface area (Å²) in [6.45, 7) is 2.34. The van der Waals surface area contributed by atoms with Crippen LogP contribution in [0, 0.1) is 0 Å². The minimum atomic E-state index is -4.07. The summed E-state index contributed by atoms with van der Waals surface area (Å²) >= 11 is 0. The van der Waals surface area contributed by atoms with Crippen molar-refractivity contribution in [3.05, 3.63) is 60.3 Å². The van der Waals surface area contributed by atoms with Crippen molar-refractivity contribution >= 4 is 38.3 Å². The summed E-state index contributed by atoms with van der Waals surface area (Å²) in [5.74, 6) is -0.606. The lowest BCUT2D eigenvalue weighted by Crippen LogP contribution is -2.37. The number of carbonyl (C=O) groups excluding carboxylic acids is 1. The molecule has 1 aromatic heterocycles. The lowest BCUT2D eigenvalue weighted by atomic mass is 10.0. The monoisotopic (exact) mass is 425 g/mol. The van der Waals surface area contributed by atoms with Crippen LogP contribution in [0.5, 0.6) is 0 Å². The van der Waals surface area contributed by atoms with Crippen LogP contribution >= 0.6 is 0 Å². The third-order valence-corrected chi connectivity index (χ3v) is 6.86. The third-order valence-electron chi connectivity index (χ3n) is 5.06. The minimum Gasteiger partial charge on any atom is -0.465 e. The summed E-state index contributed by atoms with van der Waals surface area (Å²) in [4.78, 5) is 16.6. The first-order valence-electron chi connectivity index (χ1n) is 9.89. The Hall–Kier alpha value is -3.13. The Morgan fingerprint density at radius 1 is 1.20 bits per heavy atom. The number of anilines is 2. The maximum Gasteiger partial charge on any atom is 0.326 e. The Labute approximate surface area is 175 Å². The molecule has 1 aliphatic heterocycles. The van der Waals surface area contributed by atoms with Gasteiger partial charge < -0.3 is 10.1 Å². The molecule has 0 amide bonds. The van der Waals surface area contributed by atoms with Crippen molar-refractivity contribution in [2.45, 2.75) is 24.7 Å². The zero-order valence-electron chi connectivity index (χ0n) is 16.7. The number of benzene rings is 2. The van der Waals surface area contributed by atoms with Crippen LogP contribution < -0.4 is 9.62 Å². The molecule has 0 fully saturated rings. The molecule has 30 heavy (non-hydrogen) atoms. The van der Waals surface area contributed by atoms with Gasteiger partial charge in [0.15, 0.2) is 0 Å². The quantitative estimate of drug-likeness (QED) is 0.610. The SMILES string of the molecule is CCOC(=O)CN(c1ccc2c(c1)CCCN2)S(=O)(=O)c1cccc2cccnc12. The lowest BCUT2D eigenvalue weighted by Gasteiger charge is -2.26. The molecule has 0 unspecified atom stereocenters. The van der Waals surface area contributed by atoms with Crippen LogP contribution in [0.1, 0.15) is 18.9 Å². The fourth-order valence-electron chi connectivity index (χ4n) is 3.66. The zero-order valence-corrected chi connectivity index (χ0v) is 17.5. The van der Waals surface area contributed by atoms with Crippen LogP contribution in [-0.2, 0) is 26.0 Å². The largest absolute Gasteiger partial charge is 0.465 e. The molecule has 0 spiro atoms. The van der Waals surface area contributed by atoms with E-state index in [1.54, 1.807) is 31.3 Å². The van der Waals surface area contributed by atoms with Gasteiger partial charge in [-0.1, -0.05) is 18.2 Å². The fraction of sp³-hybridized carbons (Fsp3) is 0.273. The van der Waals surface area contributed by atoms with E-state index in [-0.39, 0.29) is 11.5 Å². The number of rotatable bonds is 6. The van der Waals surface area contributed by atoms with E-state index in [0.29, 0.717) is 16.6 Å². The number of para-hydroxylation sites is 1. The van der Waals surface area contributed by atoms with Gasteiger partial charge in [-0.2, -0.15) is 0 Å². The molecule has 0 radical (unpaired) electrons. The van der Waals surface area contributed by atoms with Crippen molar-refractivity contribution in [2.75, 3.05) is 29.3 Å². The highest BCUT2D eigenvalue weighted by molar-refractivity contribution is 7.93. The van der Waals surface area contributed by atoms with Gasteiger partial charge in [0, 0.05) is 23.8 Å². The number of aromatic nitrogens is 1. The molecule has 0 aliphatic carbocycles. The van der Waals surface area contributed by atoms with E-state index in [0.717, 1.165) is 34.9 Å². The van der Waals surface area contributed by atoms with Gasteiger partial charge >= 0.3 is 5.97 Å². The number of carbonyl (C=O) groups is 1. The zero-order chi connectivity index (χ0) is 21.1. The molecule has 1 N–H and O–H groups in total. The molecule has 0 bridgehead atoms. The Kier molecular flexibility index (Phi) is 5.59. The number of hydrogen-bond donors (Lipinski definition) is 1. The number of nitrogens with zero attached hydrogens (tertiary/aromatic N) is 2. The number of pyridine rings is 1. The topological polar surface area (TPSA) is 88.6 Å². The number of nitrogens with one attached hydrogen (secondary N) is 1. The Balaban J connectivity index is 1.83. The van der Waals surface area contributed by atoms with Crippen LogP contribution in [0.4, 0.5) is 11.4 Å². The van der Waals surface area contributed by atoms with Gasteiger partial charge in [0.1, 0.15) is 11.4 Å². The Bertz CT molecular complexity index is 1190. The summed E-state index contributed by atoms with van der Waals surface area (Å²) < 4.78 is 33.6. The predicted octanol–water partition coefficient (Wildman–Crippen LogP) is 3.35. The maximum atomic E-state index is 13.7. The van der Waals surface area contributed by atoms with Crippen LogP contribution in [0.3, 0.4) is 0 Å². The average molecular weight is 426 g/mol. The summed E-state index contributed by atoms with van der Waals surface area (Å²) in [7, 11) is -4.07. The van der Waals surface area contributed by atoms with E-state index >= 15 is 0 Å². The first kappa shape index (κ1) is 20.2. The standard InChI is InChI=1S/C22H23N3O4S/c1-2-29-21(26)15-25(18-10-11-19-17(14-18)8-5-12-23-19)30(27,28)20-9-3-6-16-7-4-13-24-22(16)20/h3-4,6-7,9-11,13-14,23H,2,5,8,12,15H2,1H3. The van der Waals surface area contributed by atoms with Crippen LogP contribution in [-0.4, -0.2) is 39.1 Å². The maximum absolute atomic E-state index is 13.7. The van der Waals surface area contributed by atoms with Gasteiger partial charge in [0.25, 0.3) is 10.0 Å². The minimum absolute atomic E-state index is 0.0562. The molecular formula is C22H23N3O4S.